The summed E-state index contributed by atoms with van der Waals surface area (Å²) in [5, 5.41) is 0. The number of methoxy groups -OCH3 is 1. The molecule has 5 nitrogen and oxygen atoms in total. The third kappa shape index (κ3) is 5.31. The lowest BCUT2D eigenvalue weighted by Crippen LogP contribution is -2.52. The number of carbonyl (C=O) groups excluding carboxylic acids is 1. The van der Waals surface area contributed by atoms with Gasteiger partial charge in [0, 0.05) is 39.8 Å². The Labute approximate surface area is 164 Å². The van der Waals surface area contributed by atoms with Crippen LogP contribution in [0.25, 0.3) is 0 Å². The highest BCUT2D eigenvalue weighted by atomic mass is 16.5. The van der Waals surface area contributed by atoms with Gasteiger partial charge in [-0.05, 0) is 50.3 Å². The molecule has 0 unspecified atom stereocenters. The van der Waals surface area contributed by atoms with Gasteiger partial charge in [-0.15, -0.1) is 0 Å². The third-order valence-electron chi connectivity index (χ3n) is 6.35. The highest BCUT2D eigenvalue weighted by Crippen LogP contribution is 2.44. The maximum atomic E-state index is 12.6. The Kier molecular flexibility index (Phi) is 6.90. The Morgan fingerprint density at radius 2 is 1.96 bits per heavy atom. The molecule has 150 valence electrons. The van der Waals surface area contributed by atoms with E-state index in [0.29, 0.717) is 24.5 Å². The van der Waals surface area contributed by atoms with Crippen molar-refractivity contribution >= 4 is 5.91 Å². The first kappa shape index (κ1) is 20.3. The summed E-state index contributed by atoms with van der Waals surface area (Å²) in [6.07, 6.45) is 3.49. The molecule has 27 heavy (non-hydrogen) atoms. The number of ether oxygens (including phenoxy) is 1. The summed E-state index contributed by atoms with van der Waals surface area (Å²) in [5.74, 6) is 0.861. The fourth-order valence-corrected chi connectivity index (χ4v) is 4.86. The Morgan fingerprint density at radius 1 is 1.26 bits per heavy atom. The summed E-state index contributed by atoms with van der Waals surface area (Å²) in [5.41, 5.74) is 1.81. The summed E-state index contributed by atoms with van der Waals surface area (Å²) in [6.45, 7) is 6.04. The van der Waals surface area contributed by atoms with Crippen LogP contribution < -0.4 is 0 Å². The molecule has 0 saturated carbocycles. The normalized spacial score (nSPS) is 23.1. The lowest BCUT2D eigenvalue weighted by molar-refractivity contribution is -0.135. The minimum atomic E-state index is 0.257. The zero-order valence-corrected chi connectivity index (χ0v) is 17.2. The summed E-state index contributed by atoms with van der Waals surface area (Å²) >= 11 is 0. The van der Waals surface area contributed by atoms with Crippen molar-refractivity contribution in [1.29, 1.82) is 0 Å². The number of hydrogen-bond donors (Lipinski definition) is 0. The van der Waals surface area contributed by atoms with Gasteiger partial charge >= 0.3 is 0 Å². The average molecular weight is 374 g/mol. The molecule has 5 heteroatoms. The first-order valence-corrected chi connectivity index (χ1v) is 10.2. The van der Waals surface area contributed by atoms with E-state index in [1.165, 1.54) is 12.0 Å². The fourth-order valence-electron chi connectivity index (χ4n) is 4.86. The van der Waals surface area contributed by atoms with Crippen LogP contribution in [0.4, 0.5) is 0 Å². The van der Waals surface area contributed by atoms with E-state index in [1.54, 1.807) is 7.11 Å². The number of piperidine rings is 2. The lowest BCUT2D eigenvalue weighted by Gasteiger charge is -2.49. The highest BCUT2D eigenvalue weighted by molar-refractivity contribution is 5.78. The number of rotatable bonds is 6. The van der Waals surface area contributed by atoms with Crippen molar-refractivity contribution in [2.75, 3.05) is 67.1 Å². The number of benzene rings is 1. The van der Waals surface area contributed by atoms with E-state index in [4.69, 9.17) is 4.74 Å². The summed E-state index contributed by atoms with van der Waals surface area (Å²) in [4.78, 5) is 19.2. The minimum Gasteiger partial charge on any atom is -0.383 e. The second-order valence-corrected chi connectivity index (χ2v) is 8.62. The summed E-state index contributed by atoms with van der Waals surface area (Å²) in [7, 11) is 5.94. The summed E-state index contributed by atoms with van der Waals surface area (Å²) < 4.78 is 5.10. The molecule has 1 amide bonds. The molecule has 2 saturated heterocycles. The molecule has 2 heterocycles. The van der Waals surface area contributed by atoms with Crippen molar-refractivity contribution in [3.63, 3.8) is 0 Å². The summed E-state index contributed by atoms with van der Waals surface area (Å²) in [6, 6.07) is 10.9. The smallest absolute Gasteiger partial charge is 0.236 e. The molecule has 0 N–H and O–H groups in total. The molecule has 3 rings (SSSR count). The van der Waals surface area contributed by atoms with Crippen LogP contribution in [0, 0.1) is 5.41 Å². The fraction of sp³-hybridized carbons (Fsp3) is 0.682. The van der Waals surface area contributed by atoms with E-state index >= 15 is 0 Å². The van der Waals surface area contributed by atoms with Gasteiger partial charge in [0.25, 0.3) is 0 Å². The minimum absolute atomic E-state index is 0.257. The number of carbonyl (C=O) groups is 1. The Hall–Kier alpha value is -1.43. The Bertz CT molecular complexity index is 599. The second-order valence-electron chi connectivity index (χ2n) is 8.62. The van der Waals surface area contributed by atoms with Crippen molar-refractivity contribution in [3.05, 3.63) is 35.9 Å². The van der Waals surface area contributed by atoms with Gasteiger partial charge < -0.3 is 14.5 Å². The van der Waals surface area contributed by atoms with Gasteiger partial charge in [-0.3, -0.25) is 9.69 Å². The molecule has 2 fully saturated rings. The standard InChI is InChI=1S/C22H35N3O2/c1-23(13-14-27-3)17-21(26)25-11-9-22(10-12-25)15-20(16-24(2)18-22)19-7-5-4-6-8-19/h4-8,20H,9-18H2,1-3H3/t20-/m0/s1. The molecular formula is C22H35N3O2. The van der Waals surface area contributed by atoms with Crippen LogP contribution in [-0.4, -0.2) is 87.7 Å². The Morgan fingerprint density at radius 3 is 2.63 bits per heavy atom. The van der Waals surface area contributed by atoms with Crippen molar-refractivity contribution in [2.45, 2.75) is 25.2 Å². The number of amides is 1. The number of hydrogen-bond acceptors (Lipinski definition) is 4. The van der Waals surface area contributed by atoms with Gasteiger partial charge in [0.1, 0.15) is 0 Å². The van der Waals surface area contributed by atoms with E-state index in [2.05, 4.69) is 52.1 Å². The SMILES string of the molecule is COCCN(C)CC(=O)N1CCC2(CC1)C[C@H](c1ccccc1)CN(C)C2. The third-order valence-corrected chi connectivity index (χ3v) is 6.35. The van der Waals surface area contributed by atoms with Crippen LogP contribution >= 0.6 is 0 Å². The zero-order valence-electron chi connectivity index (χ0n) is 17.2. The lowest BCUT2D eigenvalue weighted by atomic mass is 9.68. The van der Waals surface area contributed by atoms with Crippen molar-refractivity contribution in [2.24, 2.45) is 5.41 Å². The predicted octanol–water partition coefficient (Wildman–Crippen LogP) is 2.29. The predicted molar refractivity (Wildman–Crippen MR) is 109 cm³/mol. The van der Waals surface area contributed by atoms with E-state index < -0.39 is 0 Å². The van der Waals surface area contributed by atoms with Gasteiger partial charge in [-0.25, -0.2) is 0 Å². The molecular weight excluding hydrogens is 338 g/mol. The molecule has 2 aliphatic heterocycles. The first-order valence-electron chi connectivity index (χ1n) is 10.2. The van der Waals surface area contributed by atoms with Crippen LogP contribution in [0.5, 0.6) is 0 Å². The van der Waals surface area contributed by atoms with E-state index in [9.17, 15) is 4.79 Å². The van der Waals surface area contributed by atoms with Crippen molar-refractivity contribution in [3.8, 4) is 0 Å². The molecule has 1 aromatic rings. The first-order chi connectivity index (χ1) is 13.0. The van der Waals surface area contributed by atoms with Crippen LogP contribution in [0.1, 0.15) is 30.7 Å². The maximum Gasteiger partial charge on any atom is 0.236 e. The average Bonchev–Trinajstić information content (AvgIpc) is 2.67. The quantitative estimate of drug-likeness (QED) is 0.767. The van der Waals surface area contributed by atoms with Gasteiger partial charge in [-0.1, -0.05) is 30.3 Å². The topological polar surface area (TPSA) is 36.0 Å². The monoisotopic (exact) mass is 373 g/mol. The molecule has 0 aliphatic carbocycles. The molecule has 0 bridgehead atoms. The molecule has 1 atom stereocenters. The molecule has 1 aromatic carbocycles. The van der Waals surface area contributed by atoms with E-state index in [0.717, 1.165) is 45.6 Å². The van der Waals surface area contributed by atoms with Crippen LogP contribution in [0.2, 0.25) is 0 Å². The second kappa shape index (κ2) is 9.18. The number of likely N-dealkylation sites (tertiary alicyclic amines) is 2. The largest absolute Gasteiger partial charge is 0.383 e. The van der Waals surface area contributed by atoms with Gasteiger partial charge in [0.05, 0.1) is 13.2 Å². The highest BCUT2D eigenvalue weighted by Gasteiger charge is 2.42. The van der Waals surface area contributed by atoms with Crippen molar-refractivity contribution < 1.29 is 9.53 Å². The molecule has 2 aliphatic rings. The number of nitrogens with zero attached hydrogens (tertiary/aromatic N) is 3. The van der Waals surface area contributed by atoms with Crippen molar-refractivity contribution in [1.82, 2.24) is 14.7 Å². The van der Waals surface area contributed by atoms with Gasteiger partial charge in [-0.2, -0.15) is 0 Å². The number of likely N-dealkylation sites (N-methyl/N-ethyl adjacent to an activating group) is 2. The molecule has 0 aromatic heterocycles. The van der Waals surface area contributed by atoms with E-state index in [-0.39, 0.29) is 5.91 Å². The molecule has 1 spiro atoms. The van der Waals surface area contributed by atoms with Gasteiger partial charge in [0.2, 0.25) is 5.91 Å². The van der Waals surface area contributed by atoms with Crippen LogP contribution in [0.3, 0.4) is 0 Å². The maximum absolute atomic E-state index is 12.6. The Balaban J connectivity index is 1.56. The zero-order chi connectivity index (χ0) is 19.3. The van der Waals surface area contributed by atoms with E-state index in [1.807, 2.05) is 7.05 Å². The van der Waals surface area contributed by atoms with Crippen LogP contribution in [0.15, 0.2) is 30.3 Å². The molecule has 0 radical (unpaired) electrons. The van der Waals surface area contributed by atoms with Crippen LogP contribution in [-0.2, 0) is 9.53 Å². The van der Waals surface area contributed by atoms with Gasteiger partial charge in [0.15, 0.2) is 0 Å².